The molecule has 0 saturated heterocycles. The summed E-state index contributed by atoms with van der Waals surface area (Å²) in [6.07, 6.45) is 0.112. The highest BCUT2D eigenvalue weighted by molar-refractivity contribution is 5.96. The molecule has 1 unspecified atom stereocenters. The van der Waals surface area contributed by atoms with Gasteiger partial charge in [-0.15, -0.1) is 0 Å². The van der Waals surface area contributed by atoms with Gasteiger partial charge in [0.15, 0.2) is 5.69 Å². The molecule has 5 rings (SSSR count). The summed E-state index contributed by atoms with van der Waals surface area (Å²) in [6, 6.07) is 14.1. The van der Waals surface area contributed by atoms with Gasteiger partial charge in [0, 0.05) is 37.1 Å². The number of aryl methyl sites for hydroxylation is 2. The van der Waals surface area contributed by atoms with Gasteiger partial charge >= 0.3 is 6.18 Å². The van der Waals surface area contributed by atoms with Crippen LogP contribution in [0.1, 0.15) is 51.6 Å². The number of aromatic nitrogens is 3. The molecule has 1 saturated carbocycles. The van der Waals surface area contributed by atoms with Crippen molar-refractivity contribution in [2.75, 3.05) is 0 Å². The van der Waals surface area contributed by atoms with Gasteiger partial charge in [-0.3, -0.25) is 14.9 Å². The second-order valence-electron chi connectivity index (χ2n) is 9.99. The summed E-state index contributed by atoms with van der Waals surface area (Å²) >= 11 is 0. The quantitative estimate of drug-likeness (QED) is 0.294. The number of hydrogen-bond acceptors (Lipinski definition) is 3. The van der Waals surface area contributed by atoms with E-state index in [0.717, 1.165) is 23.1 Å². The van der Waals surface area contributed by atoms with Crippen molar-refractivity contribution in [1.82, 2.24) is 19.7 Å². The van der Waals surface area contributed by atoms with Crippen molar-refractivity contribution in [3.05, 3.63) is 106 Å². The molecule has 1 fully saturated rings. The average Bonchev–Trinajstić information content (AvgIpc) is 3.64. The smallest absolute Gasteiger partial charge is 0.345 e. The van der Waals surface area contributed by atoms with Gasteiger partial charge in [-0.05, 0) is 84.3 Å². The van der Waals surface area contributed by atoms with E-state index >= 15 is 0 Å². The molecule has 10 heteroatoms. The van der Waals surface area contributed by atoms with Gasteiger partial charge in [0.2, 0.25) is 0 Å². The second kappa shape index (κ2) is 10.2. The summed E-state index contributed by atoms with van der Waals surface area (Å²) in [5.41, 5.74) is 1.23. The SMILES string of the molecule is Cc1cc(C(NC(=O)c2cc(Cn3ccccc3=N)cc(-c3cn(C)nc3C(F)(F)F)c2)C2CC2)ccc1F. The number of pyridine rings is 1. The Balaban J connectivity index is 1.56. The van der Waals surface area contributed by atoms with Crippen LogP contribution < -0.4 is 10.8 Å². The summed E-state index contributed by atoms with van der Waals surface area (Å²) in [6.45, 7) is 1.84. The van der Waals surface area contributed by atoms with Crippen LogP contribution in [0.15, 0.2) is 67.0 Å². The van der Waals surface area contributed by atoms with E-state index in [1.165, 1.54) is 25.4 Å². The Labute approximate surface area is 222 Å². The molecule has 0 bridgehead atoms. The van der Waals surface area contributed by atoms with Crippen LogP contribution in [-0.4, -0.2) is 20.3 Å². The first-order valence-corrected chi connectivity index (χ1v) is 12.5. The maximum absolute atomic E-state index is 13.9. The van der Waals surface area contributed by atoms with Crippen molar-refractivity contribution in [2.24, 2.45) is 13.0 Å². The fourth-order valence-corrected chi connectivity index (χ4v) is 4.78. The van der Waals surface area contributed by atoms with Gasteiger partial charge in [-0.25, -0.2) is 4.39 Å². The Kier molecular flexibility index (Phi) is 6.88. The van der Waals surface area contributed by atoms with Crippen LogP contribution in [0.5, 0.6) is 0 Å². The number of nitrogens with zero attached hydrogens (tertiary/aromatic N) is 3. The van der Waals surface area contributed by atoms with Gasteiger partial charge in [0.25, 0.3) is 5.91 Å². The maximum atomic E-state index is 13.9. The van der Waals surface area contributed by atoms with Crippen molar-refractivity contribution in [1.29, 1.82) is 5.41 Å². The van der Waals surface area contributed by atoms with Gasteiger partial charge in [0.1, 0.15) is 11.3 Å². The van der Waals surface area contributed by atoms with E-state index in [2.05, 4.69) is 10.4 Å². The fraction of sp³-hybridized carbons (Fsp3) is 0.276. The van der Waals surface area contributed by atoms with Gasteiger partial charge in [-0.1, -0.05) is 18.2 Å². The molecule has 1 aliphatic rings. The highest BCUT2D eigenvalue weighted by atomic mass is 19.4. The summed E-state index contributed by atoms with van der Waals surface area (Å²) < 4.78 is 58.1. The standard InChI is InChI=1S/C29H27F4N5O/c1-17-11-20(8-9-24(17)30)26(19-6-7-19)35-28(39)22-13-18(15-38-10-4-3-5-25(38)34)12-21(14-22)23-16-37(2)36-27(23)29(31,32)33/h3-5,8-14,16,19,26,34H,6-7,15H2,1-2H3,(H,35,39). The number of nitrogens with one attached hydrogen (secondary N) is 2. The van der Waals surface area contributed by atoms with E-state index in [-0.39, 0.29) is 46.5 Å². The molecule has 1 amide bonds. The van der Waals surface area contributed by atoms with Crippen LogP contribution >= 0.6 is 0 Å². The first-order valence-electron chi connectivity index (χ1n) is 12.5. The summed E-state index contributed by atoms with van der Waals surface area (Å²) in [5, 5.41) is 14.8. The third-order valence-corrected chi connectivity index (χ3v) is 6.88. The van der Waals surface area contributed by atoms with Crippen LogP contribution in [0.25, 0.3) is 11.1 Å². The van der Waals surface area contributed by atoms with Gasteiger partial charge in [-0.2, -0.15) is 18.3 Å². The molecular formula is C29H27F4N5O. The highest BCUT2D eigenvalue weighted by Crippen LogP contribution is 2.42. The Morgan fingerprint density at radius 3 is 2.59 bits per heavy atom. The predicted molar refractivity (Wildman–Crippen MR) is 137 cm³/mol. The number of halogens is 4. The van der Waals surface area contributed by atoms with E-state index < -0.39 is 17.8 Å². The van der Waals surface area contributed by atoms with Crippen molar-refractivity contribution in [2.45, 2.75) is 38.5 Å². The molecule has 0 spiro atoms. The van der Waals surface area contributed by atoms with Crippen LogP contribution in [0.3, 0.4) is 0 Å². The Morgan fingerprint density at radius 1 is 1.15 bits per heavy atom. The average molecular weight is 538 g/mol. The molecule has 2 heterocycles. The zero-order valence-electron chi connectivity index (χ0n) is 21.4. The fourth-order valence-electron chi connectivity index (χ4n) is 4.78. The van der Waals surface area contributed by atoms with E-state index in [0.29, 0.717) is 11.1 Å². The van der Waals surface area contributed by atoms with Gasteiger partial charge in [0.05, 0.1) is 6.04 Å². The number of carbonyl (C=O) groups is 1. The minimum atomic E-state index is -4.69. The van der Waals surface area contributed by atoms with Crippen molar-refractivity contribution in [3.63, 3.8) is 0 Å². The Morgan fingerprint density at radius 2 is 1.92 bits per heavy atom. The third-order valence-electron chi connectivity index (χ3n) is 6.88. The molecule has 0 aliphatic heterocycles. The van der Waals surface area contributed by atoms with Crippen molar-refractivity contribution in [3.8, 4) is 11.1 Å². The second-order valence-corrected chi connectivity index (χ2v) is 9.99. The monoisotopic (exact) mass is 537 g/mol. The van der Waals surface area contributed by atoms with E-state index in [1.807, 2.05) is 0 Å². The number of rotatable bonds is 7. The van der Waals surface area contributed by atoms with Crippen LogP contribution in [0, 0.1) is 24.1 Å². The zero-order valence-corrected chi connectivity index (χ0v) is 21.4. The summed E-state index contributed by atoms with van der Waals surface area (Å²) in [4.78, 5) is 13.6. The lowest BCUT2D eigenvalue weighted by Crippen LogP contribution is -2.30. The van der Waals surface area contributed by atoms with Crippen LogP contribution in [0.4, 0.5) is 17.6 Å². The molecule has 1 atom stereocenters. The molecule has 4 aromatic rings. The number of benzene rings is 2. The van der Waals surface area contributed by atoms with Gasteiger partial charge < -0.3 is 9.88 Å². The third kappa shape index (κ3) is 5.79. The molecule has 1 aliphatic carbocycles. The lowest BCUT2D eigenvalue weighted by molar-refractivity contribution is -0.140. The molecule has 6 nitrogen and oxygen atoms in total. The van der Waals surface area contributed by atoms with Crippen molar-refractivity contribution < 1.29 is 22.4 Å². The predicted octanol–water partition coefficient (Wildman–Crippen LogP) is 5.76. The topological polar surface area (TPSA) is 75.7 Å². The summed E-state index contributed by atoms with van der Waals surface area (Å²) in [7, 11) is 1.41. The lowest BCUT2D eigenvalue weighted by Gasteiger charge is -2.20. The minimum Gasteiger partial charge on any atom is -0.345 e. The normalized spacial score (nSPS) is 14.3. The zero-order chi connectivity index (χ0) is 27.9. The first kappa shape index (κ1) is 26.4. The molecule has 2 aromatic carbocycles. The molecule has 0 radical (unpaired) electrons. The Bertz CT molecular complexity index is 1600. The van der Waals surface area contributed by atoms with E-state index in [4.69, 9.17) is 5.41 Å². The Hall–Kier alpha value is -4.21. The number of alkyl halides is 3. The molecule has 2 N–H and O–H groups in total. The van der Waals surface area contributed by atoms with Crippen molar-refractivity contribution >= 4 is 5.91 Å². The minimum absolute atomic E-state index is 0.141. The number of hydrogen-bond donors (Lipinski definition) is 2. The van der Waals surface area contributed by atoms with Crippen LogP contribution in [-0.2, 0) is 19.8 Å². The van der Waals surface area contributed by atoms with E-state index in [1.54, 1.807) is 60.2 Å². The number of carbonyl (C=O) groups excluding carboxylic acids is 1. The molecule has 2 aromatic heterocycles. The lowest BCUT2D eigenvalue weighted by atomic mass is 9.97. The molecule has 202 valence electrons. The first-order chi connectivity index (χ1) is 18.5. The maximum Gasteiger partial charge on any atom is 0.435 e. The van der Waals surface area contributed by atoms with E-state index in [9.17, 15) is 22.4 Å². The largest absolute Gasteiger partial charge is 0.435 e. The highest BCUT2D eigenvalue weighted by Gasteiger charge is 2.38. The molecular weight excluding hydrogens is 510 g/mol. The summed E-state index contributed by atoms with van der Waals surface area (Å²) in [5.74, 6) is -0.581. The molecule has 39 heavy (non-hydrogen) atoms. The number of amides is 1. The van der Waals surface area contributed by atoms with Crippen LogP contribution in [0.2, 0.25) is 0 Å².